The molecule has 0 N–H and O–H groups in total. The molecule has 0 spiro atoms. The summed E-state index contributed by atoms with van der Waals surface area (Å²) in [5, 5.41) is 0. The molecule has 0 aliphatic heterocycles. The normalized spacial score (nSPS) is 9.67. The molecule has 1 rings (SSSR count). The molecular weight excluding hydrogens is 134 g/mol. The topological polar surface area (TPSA) is 22.1 Å². The van der Waals surface area contributed by atoms with Crippen LogP contribution in [0.15, 0.2) is 0 Å². The monoisotopic (exact) mass is 143 g/mol. The van der Waals surface area contributed by atoms with Crippen LogP contribution in [0, 0.1) is 13.8 Å². The van der Waals surface area contributed by atoms with Crippen molar-refractivity contribution in [1.82, 2.24) is 4.37 Å². The summed E-state index contributed by atoms with van der Waals surface area (Å²) in [4.78, 5) is 1.15. The molecular formula is C6H9NOS. The molecule has 0 bridgehead atoms. The molecule has 1 aromatic rings. The van der Waals surface area contributed by atoms with Crippen LogP contribution in [0.1, 0.15) is 10.6 Å². The van der Waals surface area contributed by atoms with Crippen molar-refractivity contribution in [3.63, 3.8) is 0 Å². The lowest BCUT2D eigenvalue weighted by Gasteiger charge is -1.95. The Morgan fingerprint density at radius 1 is 1.44 bits per heavy atom. The van der Waals surface area contributed by atoms with E-state index in [-0.39, 0.29) is 0 Å². The van der Waals surface area contributed by atoms with Gasteiger partial charge in [-0.3, -0.25) is 0 Å². The Morgan fingerprint density at radius 2 is 2.11 bits per heavy atom. The van der Waals surface area contributed by atoms with Gasteiger partial charge in [-0.2, -0.15) is 4.37 Å². The maximum absolute atomic E-state index is 5.06. The van der Waals surface area contributed by atoms with Gasteiger partial charge >= 0.3 is 0 Å². The van der Waals surface area contributed by atoms with E-state index in [0.717, 1.165) is 16.3 Å². The maximum Gasteiger partial charge on any atom is 0.155 e. The third-order valence-electron chi connectivity index (χ3n) is 1.17. The van der Waals surface area contributed by atoms with Gasteiger partial charge in [0, 0.05) is 0 Å². The number of rotatable bonds is 1. The van der Waals surface area contributed by atoms with Crippen molar-refractivity contribution < 1.29 is 4.74 Å². The van der Waals surface area contributed by atoms with Crippen molar-refractivity contribution in [3.05, 3.63) is 10.6 Å². The first-order valence-corrected chi connectivity index (χ1v) is 3.50. The molecule has 50 valence electrons. The van der Waals surface area contributed by atoms with Gasteiger partial charge < -0.3 is 4.74 Å². The Bertz CT molecular complexity index is 187. The molecule has 0 aliphatic rings. The highest BCUT2D eigenvalue weighted by Gasteiger charge is 2.04. The molecule has 3 heteroatoms. The summed E-state index contributed by atoms with van der Waals surface area (Å²) < 4.78 is 9.17. The van der Waals surface area contributed by atoms with Crippen molar-refractivity contribution in [1.29, 1.82) is 0 Å². The van der Waals surface area contributed by atoms with Gasteiger partial charge in [0.1, 0.15) is 0 Å². The molecule has 0 saturated carbocycles. The number of nitrogens with zero attached hydrogens (tertiary/aromatic N) is 1. The molecule has 0 amide bonds. The van der Waals surface area contributed by atoms with Crippen molar-refractivity contribution in [3.8, 4) is 5.75 Å². The second kappa shape index (κ2) is 2.35. The summed E-state index contributed by atoms with van der Waals surface area (Å²) in [5.74, 6) is 0.931. The van der Waals surface area contributed by atoms with E-state index in [2.05, 4.69) is 4.37 Å². The van der Waals surface area contributed by atoms with Crippen LogP contribution in [-0.4, -0.2) is 11.5 Å². The lowest BCUT2D eigenvalue weighted by molar-refractivity contribution is 0.410. The predicted molar refractivity (Wildman–Crippen MR) is 38.1 cm³/mol. The third-order valence-corrected chi connectivity index (χ3v) is 2.00. The summed E-state index contributed by atoms with van der Waals surface area (Å²) in [6.45, 7) is 3.95. The van der Waals surface area contributed by atoms with Gasteiger partial charge in [-0.1, -0.05) is 0 Å². The number of ether oxygens (including phenoxy) is 1. The molecule has 0 atom stereocenters. The van der Waals surface area contributed by atoms with Gasteiger partial charge in [0.2, 0.25) is 0 Å². The van der Waals surface area contributed by atoms with E-state index < -0.39 is 0 Å². The zero-order valence-electron chi connectivity index (χ0n) is 5.76. The quantitative estimate of drug-likeness (QED) is 0.597. The van der Waals surface area contributed by atoms with Crippen LogP contribution in [0.2, 0.25) is 0 Å². The van der Waals surface area contributed by atoms with E-state index in [1.54, 1.807) is 7.11 Å². The van der Waals surface area contributed by atoms with E-state index in [0.29, 0.717) is 0 Å². The Kier molecular flexibility index (Phi) is 1.71. The van der Waals surface area contributed by atoms with Gasteiger partial charge in [0.05, 0.1) is 17.7 Å². The Labute approximate surface area is 58.6 Å². The lowest BCUT2D eigenvalue weighted by Crippen LogP contribution is -1.83. The van der Waals surface area contributed by atoms with Crippen molar-refractivity contribution >= 4 is 11.5 Å². The van der Waals surface area contributed by atoms with Crippen LogP contribution >= 0.6 is 11.5 Å². The molecule has 0 aliphatic carbocycles. The van der Waals surface area contributed by atoms with E-state index in [1.807, 2.05) is 13.8 Å². The number of hydrogen-bond donors (Lipinski definition) is 0. The van der Waals surface area contributed by atoms with Gasteiger partial charge in [-0.15, -0.1) is 0 Å². The fraction of sp³-hybridized carbons (Fsp3) is 0.500. The van der Waals surface area contributed by atoms with E-state index in [1.165, 1.54) is 11.5 Å². The van der Waals surface area contributed by atoms with E-state index >= 15 is 0 Å². The Hall–Kier alpha value is -0.570. The molecule has 0 aromatic carbocycles. The number of methoxy groups -OCH3 is 1. The zero-order chi connectivity index (χ0) is 6.85. The second-order valence-corrected chi connectivity index (χ2v) is 2.83. The average molecular weight is 143 g/mol. The molecule has 0 fully saturated rings. The van der Waals surface area contributed by atoms with Crippen LogP contribution in [-0.2, 0) is 0 Å². The minimum Gasteiger partial charge on any atom is -0.494 e. The number of aromatic nitrogens is 1. The van der Waals surface area contributed by atoms with Crippen LogP contribution < -0.4 is 4.74 Å². The minimum atomic E-state index is 0.931. The van der Waals surface area contributed by atoms with Crippen LogP contribution in [0.4, 0.5) is 0 Å². The average Bonchev–Trinajstić information content (AvgIpc) is 2.12. The minimum absolute atomic E-state index is 0.931. The second-order valence-electron chi connectivity index (χ2n) is 1.86. The molecule has 0 radical (unpaired) electrons. The highest BCUT2D eigenvalue weighted by molar-refractivity contribution is 7.06. The molecule has 0 saturated heterocycles. The first-order chi connectivity index (χ1) is 4.25. The molecule has 0 unspecified atom stereocenters. The van der Waals surface area contributed by atoms with E-state index in [9.17, 15) is 0 Å². The molecule has 1 aromatic heterocycles. The summed E-state index contributed by atoms with van der Waals surface area (Å²) in [6.07, 6.45) is 0. The first kappa shape index (κ1) is 6.55. The number of hydrogen-bond acceptors (Lipinski definition) is 3. The summed E-state index contributed by atoms with van der Waals surface area (Å²) in [5.41, 5.74) is 0.986. The predicted octanol–water partition coefficient (Wildman–Crippen LogP) is 1.77. The van der Waals surface area contributed by atoms with Crippen LogP contribution in [0.5, 0.6) is 5.75 Å². The van der Waals surface area contributed by atoms with Gasteiger partial charge in [-0.05, 0) is 25.4 Å². The fourth-order valence-electron chi connectivity index (χ4n) is 0.766. The molecule has 9 heavy (non-hydrogen) atoms. The highest BCUT2D eigenvalue weighted by atomic mass is 32.1. The van der Waals surface area contributed by atoms with Crippen LogP contribution in [0.3, 0.4) is 0 Å². The van der Waals surface area contributed by atoms with Gasteiger partial charge in [0.25, 0.3) is 0 Å². The first-order valence-electron chi connectivity index (χ1n) is 2.72. The summed E-state index contributed by atoms with van der Waals surface area (Å²) >= 11 is 1.48. The van der Waals surface area contributed by atoms with Gasteiger partial charge in [0.15, 0.2) is 5.75 Å². The SMILES string of the molecule is COc1c(C)nsc1C. The molecule has 2 nitrogen and oxygen atoms in total. The maximum atomic E-state index is 5.06. The Morgan fingerprint density at radius 3 is 2.33 bits per heavy atom. The zero-order valence-corrected chi connectivity index (χ0v) is 6.58. The van der Waals surface area contributed by atoms with Crippen molar-refractivity contribution in [2.75, 3.05) is 7.11 Å². The Balaban J connectivity index is 3.07. The standard InChI is InChI=1S/C6H9NOS/c1-4-6(8-3)5(2)9-7-4/h1-3H3. The highest BCUT2D eigenvalue weighted by Crippen LogP contribution is 2.24. The summed E-state index contributed by atoms with van der Waals surface area (Å²) in [6, 6.07) is 0. The largest absolute Gasteiger partial charge is 0.494 e. The van der Waals surface area contributed by atoms with Crippen molar-refractivity contribution in [2.45, 2.75) is 13.8 Å². The fourth-order valence-corrected chi connectivity index (χ4v) is 1.44. The number of aryl methyl sites for hydroxylation is 2. The lowest BCUT2D eigenvalue weighted by atomic mass is 10.4. The molecule has 1 heterocycles. The summed E-state index contributed by atoms with van der Waals surface area (Å²) in [7, 11) is 1.67. The van der Waals surface area contributed by atoms with Crippen LogP contribution in [0.25, 0.3) is 0 Å². The smallest absolute Gasteiger partial charge is 0.155 e. The van der Waals surface area contributed by atoms with Gasteiger partial charge in [-0.25, -0.2) is 0 Å². The van der Waals surface area contributed by atoms with E-state index in [4.69, 9.17) is 4.74 Å². The van der Waals surface area contributed by atoms with Crippen molar-refractivity contribution in [2.24, 2.45) is 0 Å². The third kappa shape index (κ3) is 1.05.